The zero-order valence-corrected chi connectivity index (χ0v) is 10.6. The number of aromatic nitrogens is 2. The molecule has 0 aliphatic heterocycles. The van der Waals surface area contributed by atoms with E-state index in [1.165, 1.54) is 10.9 Å². The number of carbonyl (C=O) groups excluding carboxylic acids is 2. The number of methoxy groups -OCH3 is 1. The maximum atomic E-state index is 11.8. The normalized spacial score (nSPS) is 13.4. The average Bonchev–Trinajstić information content (AvgIpc) is 2.90. The van der Waals surface area contributed by atoms with Crippen LogP contribution in [0.4, 0.5) is 0 Å². The molecule has 1 aromatic heterocycles. The number of nitrogens with one attached hydrogen (secondary N) is 1. The SMILES string of the molecule is COC(=O)C[C@H](NC(=O)C(C)n1cccn1)C(=O)O. The molecule has 0 spiro atoms. The number of esters is 1. The first-order valence-corrected chi connectivity index (χ1v) is 5.54. The first kappa shape index (κ1) is 14.7. The molecule has 1 amide bonds. The molecule has 8 nitrogen and oxygen atoms in total. The first-order chi connectivity index (χ1) is 8.95. The van der Waals surface area contributed by atoms with Crippen molar-refractivity contribution in [1.29, 1.82) is 0 Å². The first-order valence-electron chi connectivity index (χ1n) is 5.54. The van der Waals surface area contributed by atoms with E-state index >= 15 is 0 Å². The van der Waals surface area contributed by atoms with Gasteiger partial charge in [0, 0.05) is 12.4 Å². The molecule has 1 heterocycles. The minimum atomic E-state index is -1.32. The molecule has 0 saturated heterocycles. The molecular formula is C11H15N3O5. The van der Waals surface area contributed by atoms with E-state index in [0.717, 1.165) is 7.11 Å². The summed E-state index contributed by atoms with van der Waals surface area (Å²) in [5.41, 5.74) is 0. The van der Waals surface area contributed by atoms with Gasteiger partial charge < -0.3 is 15.2 Å². The number of carboxylic acid groups (broad SMARTS) is 1. The van der Waals surface area contributed by atoms with E-state index in [2.05, 4.69) is 15.2 Å². The van der Waals surface area contributed by atoms with Crippen molar-refractivity contribution in [3.8, 4) is 0 Å². The molecule has 0 aliphatic rings. The molecule has 1 rings (SSSR count). The van der Waals surface area contributed by atoms with Crippen LogP contribution in [-0.2, 0) is 19.1 Å². The lowest BCUT2D eigenvalue weighted by atomic mass is 10.2. The number of carboxylic acids is 1. The van der Waals surface area contributed by atoms with Gasteiger partial charge >= 0.3 is 11.9 Å². The third-order valence-corrected chi connectivity index (χ3v) is 2.51. The van der Waals surface area contributed by atoms with Crippen molar-refractivity contribution in [1.82, 2.24) is 15.1 Å². The highest BCUT2D eigenvalue weighted by atomic mass is 16.5. The lowest BCUT2D eigenvalue weighted by Gasteiger charge is -2.17. The Labute approximate surface area is 109 Å². The maximum absolute atomic E-state index is 11.8. The van der Waals surface area contributed by atoms with Gasteiger partial charge in [-0.05, 0) is 13.0 Å². The van der Waals surface area contributed by atoms with E-state index in [4.69, 9.17) is 5.11 Å². The highest BCUT2D eigenvalue weighted by Gasteiger charge is 2.26. The predicted octanol–water partition coefficient (Wildman–Crippen LogP) is -0.423. The topological polar surface area (TPSA) is 111 Å². The molecule has 8 heteroatoms. The van der Waals surface area contributed by atoms with Crippen LogP contribution in [0, 0.1) is 0 Å². The Morgan fingerprint density at radius 3 is 2.63 bits per heavy atom. The van der Waals surface area contributed by atoms with Crippen LogP contribution in [0.1, 0.15) is 19.4 Å². The molecule has 1 aromatic rings. The van der Waals surface area contributed by atoms with Crippen LogP contribution in [-0.4, -0.2) is 45.9 Å². The third-order valence-electron chi connectivity index (χ3n) is 2.51. The number of ether oxygens (including phenoxy) is 1. The van der Waals surface area contributed by atoms with Gasteiger partial charge in [-0.15, -0.1) is 0 Å². The predicted molar refractivity (Wildman–Crippen MR) is 63.1 cm³/mol. The van der Waals surface area contributed by atoms with Gasteiger partial charge in [0.15, 0.2) is 0 Å². The second-order valence-corrected chi connectivity index (χ2v) is 3.84. The van der Waals surface area contributed by atoms with Gasteiger partial charge in [-0.3, -0.25) is 14.3 Å². The van der Waals surface area contributed by atoms with E-state index in [1.54, 1.807) is 19.2 Å². The fourth-order valence-electron chi connectivity index (χ4n) is 1.37. The Morgan fingerprint density at radius 1 is 1.47 bits per heavy atom. The highest BCUT2D eigenvalue weighted by Crippen LogP contribution is 2.05. The molecule has 0 radical (unpaired) electrons. The zero-order chi connectivity index (χ0) is 14.4. The molecule has 0 aromatic carbocycles. The van der Waals surface area contributed by atoms with Crippen LogP contribution in [0.5, 0.6) is 0 Å². The fourth-order valence-corrected chi connectivity index (χ4v) is 1.37. The summed E-state index contributed by atoms with van der Waals surface area (Å²) >= 11 is 0. The second-order valence-electron chi connectivity index (χ2n) is 3.84. The van der Waals surface area contributed by atoms with Crippen molar-refractivity contribution >= 4 is 17.8 Å². The van der Waals surface area contributed by atoms with Gasteiger partial charge in [0.05, 0.1) is 13.5 Å². The Kier molecular flexibility index (Phi) is 5.04. The second kappa shape index (κ2) is 6.53. The summed E-state index contributed by atoms with van der Waals surface area (Å²) in [5.74, 6) is -2.55. The highest BCUT2D eigenvalue weighted by molar-refractivity contribution is 5.88. The minimum absolute atomic E-state index is 0.427. The van der Waals surface area contributed by atoms with Crippen LogP contribution in [0.15, 0.2) is 18.5 Å². The summed E-state index contributed by atoms with van der Waals surface area (Å²) in [6.45, 7) is 1.57. The monoisotopic (exact) mass is 269 g/mol. The van der Waals surface area contributed by atoms with Gasteiger partial charge in [0.25, 0.3) is 0 Å². The van der Waals surface area contributed by atoms with Gasteiger partial charge in [-0.2, -0.15) is 5.10 Å². The van der Waals surface area contributed by atoms with Crippen molar-refractivity contribution in [2.24, 2.45) is 0 Å². The van der Waals surface area contributed by atoms with Crippen molar-refractivity contribution < 1.29 is 24.2 Å². The number of amides is 1. The van der Waals surface area contributed by atoms with Gasteiger partial charge in [-0.1, -0.05) is 0 Å². The Bertz CT molecular complexity index is 457. The molecule has 0 saturated carbocycles. The summed E-state index contributed by atoms with van der Waals surface area (Å²) in [6, 6.07) is -0.347. The van der Waals surface area contributed by atoms with Crippen LogP contribution in [0.25, 0.3) is 0 Å². The molecular weight excluding hydrogens is 254 g/mol. The maximum Gasteiger partial charge on any atom is 0.326 e. The molecule has 104 valence electrons. The third kappa shape index (κ3) is 4.09. The van der Waals surface area contributed by atoms with Gasteiger partial charge in [-0.25, -0.2) is 4.79 Å². The lowest BCUT2D eigenvalue weighted by molar-refractivity contribution is -0.149. The summed E-state index contributed by atoms with van der Waals surface area (Å²) in [7, 11) is 1.15. The van der Waals surface area contributed by atoms with E-state index in [0.29, 0.717) is 0 Å². The minimum Gasteiger partial charge on any atom is -0.480 e. The standard InChI is InChI=1S/C11H15N3O5/c1-7(14-5-3-4-12-14)10(16)13-8(11(17)18)6-9(15)19-2/h3-5,7-8H,6H2,1-2H3,(H,13,16)(H,17,18)/t7?,8-/m0/s1. The number of hydrogen-bond donors (Lipinski definition) is 2. The van der Waals surface area contributed by atoms with Crippen LogP contribution < -0.4 is 5.32 Å². The molecule has 1 unspecified atom stereocenters. The number of aliphatic carboxylic acids is 1. The van der Waals surface area contributed by atoms with Crippen molar-refractivity contribution in [2.75, 3.05) is 7.11 Å². The van der Waals surface area contributed by atoms with Crippen LogP contribution >= 0.6 is 0 Å². The van der Waals surface area contributed by atoms with E-state index in [-0.39, 0.29) is 0 Å². The average molecular weight is 269 g/mol. The van der Waals surface area contributed by atoms with Crippen molar-refractivity contribution in [2.45, 2.75) is 25.4 Å². The molecule has 2 N–H and O–H groups in total. The Hall–Kier alpha value is -2.38. The molecule has 0 bridgehead atoms. The summed E-state index contributed by atoms with van der Waals surface area (Å²) in [5, 5.41) is 15.1. The Balaban J connectivity index is 2.66. The quantitative estimate of drug-likeness (QED) is 0.678. The van der Waals surface area contributed by atoms with Crippen LogP contribution in [0.2, 0.25) is 0 Å². The van der Waals surface area contributed by atoms with Gasteiger partial charge in [0.2, 0.25) is 5.91 Å². The number of nitrogens with zero attached hydrogens (tertiary/aromatic N) is 2. The van der Waals surface area contributed by atoms with E-state index in [1.807, 2.05) is 0 Å². The largest absolute Gasteiger partial charge is 0.480 e. The molecule has 2 atom stereocenters. The summed E-state index contributed by atoms with van der Waals surface area (Å²) < 4.78 is 5.76. The van der Waals surface area contributed by atoms with Crippen LogP contribution in [0.3, 0.4) is 0 Å². The fraction of sp³-hybridized carbons (Fsp3) is 0.455. The summed E-state index contributed by atoms with van der Waals surface area (Å²) in [6.07, 6.45) is 2.66. The van der Waals surface area contributed by atoms with E-state index < -0.39 is 36.4 Å². The molecule has 0 aliphatic carbocycles. The molecule has 0 fully saturated rings. The Morgan fingerprint density at radius 2 is 2.16 bits per heavy atom. The lowest BCUT2D eigenvalue weighted by Crippen LogP contribution is -2.45. The van der Waals surface area contributed by atoms with Crippen molar-refractivity contribution in [3.05, 3.63) is 18.5 Å². The zero-order valence-electron chi connectivity index (χ0n) is 10.6. The molecule has 19 heavy (non-hydrogen) atoms. The number of carbonyl (C=O) groups is 3. The van der Waals surface area contributed by atoms with E-state index in [9.17, 15) is 14.4 Å². The number of hydrogen-bond acceptors (Lipinski definition) is 5. The van der Waals surface area contributed by atoms with Gasteiger partial charge in [0.1, 0.15) is 12.1 Å². The number of rotatable bonds is 6. The van der Waals surface area contributed by atoms with Crippen molar-refractivity contribution in [3.63, 3.8) is 0 Å². The summed E-state index contributed by atoms with van der Waals surface area (Å²) in [4.78, 5) is 33.8. The smallest absolute Gasteiger partial charge is 0.326 e.